The monoisotopic (exact) mass is 237 g/mol. The number of ether oxygens (including phenoxy) is 2. The molecule has 0 unspecified atom stereocenters. The van der Waals surface area contributed by atoms with E-state index in [2.05, 4.69) is 0 Å². The van der Waals surface area contributed by atoms with Crippen molar-refractivity contribution in [3.05, 3.63) is 29.8 Å². The van der Waals surface area contributed by atoms with E-state index in [1.54, 1.807) is 36.4 Å². The summed E-state index contributed by atoms with van der Waals surface area (Å²) in [6.45, 7) is 2.41. The first-order valence-electron chi connectivity index (χ1n) is 5.48. The van der Waals surface area contributed by atoms with E-state index in [9.17, 15) is 4.79 Å². The molecule has 0 aliphatic carbocycles. The van der Waals surface area contributed by atoms with Crippen LogP contribution in [0.15, 0.2) is 24.3 Å². The van der Waals surface area contributed by atoms with Crippen molar-refractivity contribution in [2.45, 2.75) is 0 Å². The van der Waals surface area contributed by atoms with E-state index in [1.165, 1.54) is 0 Å². The van der Waals surface area contributed by atoms with Crippen LogP contribution >= 0.6 is 0 Å². The maximum Gasteiger partial charge on any atom is 0.357 e. The van der Waals surface area contributed by atoms with E-state index in [0.29, 0.717) is 37.6 Å². The van der Waals surface area contributed by atoms with Crippen LogP contribution in [-0.2, 0) is 9.57 Å². The molecule has 0 amide bonds. The summed E-state index contributed by atoms with van der Waals surface area (Å²) >= 11 is 0. The fourth-order valence-corrected chi connectivity index (χ4v) is 1.53. The van der Waals surface area contributed by atoms with Crippen LogP contribution in [0.25, 0.3) is 0 Å². The zero-order valence-corrected chi connectivity index (χ0v) is 9.72. The van der Waals surface area contributed by atoms with Crippen LogP contribution in [0.3, 0.4) is 0 Å². The minimum absolute atomic E-state index is 0.352. The molecule has 0 spiro atoms. The molecule has 0 radical (unpaired) electrons. The average Bonchev–Trinajstić information content (AvgIpc) is 2.40. The van der Waals surface area contributed by atoms with Crippen LogP contribution in [0.2, 0.25) is 0 Å². The molecule has 1 aliphatic rings. The smallest absolute Gasteiger partial charge is 0.357 e. The number of carbonyl (C=O) groups is 1. The number of hydrogen-bond acceptors (Lipinski definition) is 5. The molecule has 92 valence electrons. The number of benzene rings is 1. The SMILES string of the molecule is COc1ccc(C(=O)ON2CCOCC2)cc1. The van der Waals surface area contributed by atoms with Gasteiger partial charge in [-0.1, -0.05) is 0 Å². The molecule has 1 aromatic rings. The zero-order chi connectivity index (χ0) is 12.1. The van der Waals surface area contributed by atoms with E-state index in [-0.39, 0.29) is 5.97 Å². The van der Waals surface area contributed by atoms with Gasteiger partial charge in [0.05, 0.1) is 39.0 Å². The molecule has 2 rings (SSSR count). The summed E-state index contributed by atoms with van der Waals surface area (Å²) in [5.41, 5.74) is 0.511. The third-order valence-electron chi connectivity index (χ3n) is 2.51. The molecule has 1 aliphatic heterocycles. The van der Waals surface area contributed by atoms with Gasteiger partial charge in [0.2, 0.25) is 0 Å². The largest absolute Gasteiger partial charge is 0.497 e. The Morgan fingerprint density at radius 1 is 1.24 bits per heavy atom. The van der Waals surface area contributed by atoms with Crippen molar-refractivity contribution >= 4 is 5.97 Å². The average molecular weight is 237 g/mol. The van der Waals surface area contributed by atoms with Crippen LogP contribution in [-0.4, -0.2) is 44.4 Å². The Labute approximate surface area is 99.8 Å². The maximum atomic E-state index is 11.8. The highest BCUT2D eigenvalue weighted by atomic mass is 16.7. The molecular weight excluding hydrogens is 222 g/mol. The van der Waals surface area contributed by atoms with Crippen molar-refractivity contribution in [2.75, 3.05) is 33.4 Å². The molecule has 0 saturated carbocycles. The summed E-state index contributed by atoms with van der Waals surface area (Å²) in [4.78, 5) is 17.0. The lowest BCUT2D eigenvalue weighted by atomic mass is 10.2. The second-order valence-electron chi connectivity index (χ2n) is 3.65. The first-order valence-corrected chi connectivity index (χ1v) is 5.48. The van der Waals surface area contributed by atoms with Gasteiger partial charge in [-0.25, -0.2) is 4.79 Å². The second kappa shape index (κ2) is 5.65. The lowest BCUT2D eigenvalue weighted by Gasteiger charge is -2.24. The summed E-state index contributed by atoms with van der Waals surface area (Å²) in [7, 11) is 1.58. The van der Waals surface area contributed by atoms with E-state index in [0.717, 1.165) is 0 Å². The lowest BCUT2D eigenvalue weighted by Crippen LogP contribution is -2.37. The van der Waals surface area contributed by atoms with Gasteiger partial charge in [-0.2, -0.15) is 0 Å². The number of rotatable bonds is 3. The van der Waals surface area contributed by atoms with Gasteiger partial charge in [-0.15, -0.1) is 5.06 Å². The highest BCUT2D eigenvalue weighted by molar-refractivity contribution is 5.89. The molecule has 0 aromatic heterocycles. The molecule has 1 fully saturated rings. The van der Waals surface area contributed by atoms with Crippen LogP contribution in [0.1, 0.15) is 10.4 Å². The maximum absolute atomic E-state index is 11.8. The van der Waals surface area contributed by atoms with E-state index < -0.39 is 0 Å². The fraction of sp³-hybridized carbons (Fsp3) is 0.417. The van der Waals surface area contributed by atoms with Gasteiger partial charge in [0, 0.05) is 0 Å². The fourth-order valence-electron chi connectivity index (χ4n) is 1.53. The van der Waals surface area contributed by atoms with Crippen LogP contribution in [0, 0.1) is 0 Å². The number of morpholine rings is 1. The van der Waals surface area contributed by atoms with Crippen LogP contribution in [0.5, 0.6) is 5.75 Å². The van der Waals surface area contributed by atoms with Crippen LogP contribution in [0.4, 0.5) is 0 Å². The lowest BCUT2D eigenvalue weighted by molar-refractivity contribution is -0.150. The van der Waals surface area contributed by atoms with Crippen LogP contribution < -0.4 is 4.74 Å². The normalized spacial score (nSPS) is 16.5. The van der Waals surface area contributed by atoms with Gasteiger partial charge in [0.15, 0.2) is 0 Å². The third-order valence-corrected chi connectivity index (χ3v) is 2.51. The Hall–Kier alpha value is -1.59. The van der Waals surface area contributed by atoms with Crippen molar-refractivity contribution in [1.29, 1.82) is 0 Å². The van der Waals surface area contributed by atoms with Crippen molar-refractivity contribution < 1.29 is 19.1 Å². The number of hydroxylamine groups is 2. The minimum atomic E-state index is -0.352. The van der Waals surface area contributed by atoms with E-state index >= 15 is 0 Å². The molecule has 0 atom stereocenters. The highest BCUT2D eigenvalue weighted by Crippen LogP contribution is 2.12. The van der Waals surface area contributed by atoms with E-state index in [4.69, 9.17) is 14.3 Å². The molecule has 17 heavy (non-hydrogen) atoms. The predicted octanol–water partition coefficient (Wildman–Crippen LogP) is 1.10. The van der Waals surface area contributed by atoms with Crippen molar-refractivity contribution in [3.63, 3.8) is 0 Å². The number of carbonyl (C=O) groups excluding carboxylic acids is 1. The topological polar surface area (TPSA) is 48.0 Å². The first kappa shape index (κ1) is 11.9. The molecule has 5 nitrogen and oxygen atoms in total. The minimum Gasteiger partial charge on any atom is -0.497 e. The second-order valence-corrected chi connectivity index (χ2v) is 3.65. The Morgan fingerprint density at radius 2 is 1.88 bits per heavy atom. The summed E-state index contributed by atoms with van der Waals surface area (Å²) in [6, 6.07) is 6.83. The molecular formula is C12H15NO4. The number of methoxy groups -OCH3 is 1. The summed E-state index contributed by atoms with van der Waals surface area (Å²) in [6.07, 6.45) is 0. The molecule has 5 heteroatoms. The van der Waals surface area contributed by atoms with Gasteiger partial charge in [0.1, 0.15) is 5.75 Å². The Morgan fingerprint density at radius 3 is 2.47 bits per heavy atom. The Kier molecular flexibility index (Phi) is 3.95. The summed E-state index contributed by atoms with van der Waals surface area (Å²) in [5, 5.41) is 1.62. The first-order chi connectivity index (χ1) is 8.29. The highest BCUT2D eigenvalue weighted by Gasteiger charge is 2.16. The molecule has 0 N–H and O–H groups in total. The number of nitrogens with zero attached hydrogens (tertiary/aromatic N) is 1. The van der Waals surface area contributed by atoms with Gasteiger partial charge in [-0.3, -0.25) is 0 Å². The quantitative estimate of drug-likeness (QED) is 0.787. The Balaban J connectivity index is 1.93. The van der Waals surface area contributed by atoms with Gasteiger partial charge < -0.3 is 14.3 Å². The van der Waals surface area contributed by atoms with Gasteiger partial charge in [0.25, 0.3) is 0 Å². The number of hydrogen-bond donors (Lipinski definition) is 0. The van der Waals surface area contributed by atoms with Gasteiger partial charge in [-0.05, 0) is 24.3 Å². The molecule has 1 saturated heterocycles. The molecule has 0 bridgehead atoms. The standard InChI is InChI=1S/C12H15NO4/c1-15-11-4-2-10(3-5-11)12(14)17-13-6-8-16-9-7-13/h2-5H,6-9H2,1H3. The van der Waals surface area contributed by atoms with Crippen molar-refractivity contribution in [1.82, 2.24) is 5.06 Å². The van der Waals surface area contributed by atoms with E-state index in [1.807, 2.05) is 0 Å². The third kappa shape index (κ3) is 3.18. The van der Waals surface area contributed by atoms with Crippen molar-refractivity contribution in [2.24, 2.45) is 0 Å². The Bertz CT molecular complexity index is 371. The summed E-state index contributed by atoms with van der Waals surface area (Å²) < 4.78 is 10.2. The van der Waals surface area contributed by atoms with Crippen molar-refractivity contribution in [3.8, 4) is 5.75 Å². The molecule has 1 aromatic carbocycles. The zero-order valence-electron chi connectivity index (χ0n) is 9.72. The molecule has 1 heterocycles. The predicted molar refractivity (Wildman–Crippen MR) is 60.8 cm³/mol. The summed E-state index contributed by atoms with van der Waals surface area (Å²) in [5.74, 6) is 0.363. The van der Waals surface area contributed by atoms with Gasteiger partial charge >= 0.3 is 5.97 Å².